The first kappa shape index (κ1) is 47.4. The Labute approximate surface area is 372 Å². The van der Waals surface area contributed by atoms with Crippen LogP contribution in [0, 0.1) is 17.8 Å². The number of carbonyl (C=O) groups is 4. The highest BCUT2D eigenvalue weighted by Gasteiger charge is 2.52. The van der Waals surface area contributed by atoms with Crippen LogP contribution >= 0.6 is 0 Å². The summed E-state index contributed by atoms with van der Waals surface area (Å²) in [6.07, 6.45) is -4.20. The summed E-state index contributed by atoms with van der Waals surface area (Å²) in [6.45, 7) is 5.85. The van der Waals surface area contributed by atoms with Crippen molar-refractivity contribution in [3.63, 3.8) is 0 Å². The summed E-state index contributed by atoms with van der Waals surface area (Å²) in [7, 11) is 0. The highest BCUT2D eigenvalue weighted by Crippen LogP contribution is 2.39. The van der Waals surface area contributed by atoms with Gasteiger partial charge in [-0.3, -0.25) is 0 Å². The smallest absolute Gasteiger partial charge is 0.338 e. The van der Waals surface area contributed by atoms with E-state index in [1.54, 1.807) is 121 Å². The molecule has 15 heteroatoms. The molecule has 4 aromatic rings. The molecule has 4 unspecified atom stereocenters. The molecule has 0 aliphatic carbocycles. The van der Waals surface area contributed by atoms with E-state index in [4.69, 9.17) is 43.4 Å². The Morgan fingerprint density at radius 3 is 1.47 bits per heavy atom. The summed E-state index contributed by atoms with van der Waals surface area (Å²) in [5.74, 6) is -3.74. The lowest BCUT2D eigenvalue weighted by atomic mass is 9.83. The Morgan fingerprint density at radius 2 is 0.969 bits per heavy atom. The van der Waals surface area contributed by atoms with Gasteiger partial charge in [0, 0.05) is 29.9 Å². The van der Waals surface area contributed by atoms with Crippen LogP contribution in [-0.2, 0) is 37.9 Å². The fourth-order valence-corrected chi connectivity index (χ4v) is 7.67. The van der Waals surface area contributed by atoms with E-state index in [1.807, 2.05) is 20.8 Å². The number of hydrogen-bond donors (Lipinski definition) is 0. The Bertz CT molecular complexity index is 2140. The maximum absolute atomic E-state index is 13.7. The molecule has 2 aliphatic heterocycles. The molecule has 2 aliphatic rings. The SMILES string of the molecule is C[C@@H]1C(OC(=O)c2ccccc2)[C@H](OCCCCCCN=[N+]=[N-])OC(COC(=O)c2ccccc2)[C@H]1O[C@@H]1OC(COC(=O)c2ccccc2)[C@H](C)[C@H](C)C1OC(=O)c1ccccc1. The minimum atomic E-state index is -1.27. The quantitative estimate of drug-likeness (QED) is 0.0205. The maximum Gasteiger partial charge on any atom is 0.338 e. The monoisotopic (exact) mass is 877 g/mol. The third kappa shape index (κ3) is 13.0. The molecule has 2 fully saturated rings. The molecule has 0 amide bonds. The molecule has 64 heavy (non-hydrogen) atoms. The molecule has 0 N–H and O–H groups in total. The van der Waals surface area contributed by atoms with E-state index in [0.29, 0.717) is 35.2 Å². The van der Waals surface area contributed by atoms with Crippen molar-refractivity contribution in [2.75, 3.05) is 26.4 Å². The third-order valence-electron chi connectivity index (χ3n) is 11.6. The van der Waals surface area contributed by atoms with Crippen molar-refractivity contribution in [2.45, 2.75) is 89.6 Å². The summed E-state index contributed by atoms with van der Waals surface area (Å²) >= 11 is 0. The van der Waals surface area contributed by atoms with Crippen LogP contribution in [0.3, 0.4) is 0 Å². The van der Waals surface area contributed by atoms with Crippen LogP contribution < -0.4 is 0 Å². The Kier molecular flexibility index (Phi) is 17.8. The lowest BCUT2D eigenvalue weighted by molar-refractivity contribution is -0.342. The summed E-state index contributed by atoms with van der Waals surface area (Å²) in [5, 5.41) is 3.59. The number of carbonyl (C=O) groups excluding carboxylic acids is 4. The molecule has 0 saturated carbocycles. The second kappa shape index (κ2) is 24.1. The van der Waals surface area contributed by atoms with Crippen molar-refractivity contribution in [3.8, 4) is 0 Å². The molecule has 2 heterocycles. The molecule has 0 spiro atoms. The van der Waals surface area contributed by atoms with Gasteiger partial charge in [-0.2, -0.15) is 0 Å². The number of esters is 4. The minimum absolute atomic E-state index is 0.133. The van der Waals surface area contributed by atoms with Gasteiger partial charge in [-0.05, 0) is 72.8 Å². The molecule has 2 saturated heterocycles. The molecule has 6 rings (SSSR count). The predicted molar refractivity (Wildman–Crippen MR) is 233 cm³/mol. The van der Waals surface area contributed by atoms with Gasteiger partial charge >= 0.3 is 23.9 Å². The van der Waals surface area contributed by atoms with Crippen molar-refractivity contribution in [3.05, 3.63) is 154 Å². The lowest BCUT2D eigenvalue weighted by Crippen LogP contribution is -2.61. The van der Waals surface area contributed by atoms with Crippen molar-refractivity contribution in [2.24, 2.45) is 22.9 Å². The number of ether oxygens (including phenoxy) is 8. The first-order valence-corrected chi connectivity index (χ1v) is 21.7. The van der Waals surface area contributed by atoms with Crippen molar-refractivity contribution < 1.29 is 57.1 Å². The first-order chi connectivity index (χ1) is 31.1. The highest BCUT2D eigenvalue weighted by molar-refractivity contribution is 5.90. The Hall–Kier alpha value is -6.09. The lowest BCUT2D eigenvalue weighted by Gasteiger charge is -2.48. The zero-order valence-electron chi connectivity index (χ0n) is 36.2. The van der Waals surface area contributed by atoms with Gasteiger partial charge in [-0.1, -0.05) is 112 Å². The summed E-state index contributed by atoms with van der Waals surface area (Å²) in [4.78, 5) is 56.6. The van der Waals surface area contributed by atoms with Crippen LogP contribution in [0.1, 0.15) is 87.9 Å². The number of rotatable bonds is 20. The van der Waals surface area contributed by atoms with E-state index in [-0.39, 0.29) is 25.7 Å². The standard InChI is InChI=1S/C49H55N3O12/c1-32-33(2)42(62-46(55)37-24-14-8-15-25-37)49(60-39(32)30-58-44(53)35-20-10-6-11-21-35)64-41-34(3)43(63-47(56)38-26-16-9-17-27-38)48(57-29-19-5-4-18-28-51-52-50)61-40(41)31-59-45(54)36-22-12-7-13-23-36/h6-17,20-27,32-34,39-43,48-49H,4-5,18-19,28-31H2,1-3H3/t32-,33+,34+,39?,40?,41+,42?,43?,48-,49+/m1/s1. The molecule has 15 nitrogen and oxygen atoms in total. The van der Waals surface area contributed by atoms with Crippen LogP contribution in [0.2, 0.25) is 0 Å². The number of azide groups is 1. The van der Waals surface area contributed by atoms with Crippen LogP contribution in [-0.4, -0.2) is 93.3 Å². The second-order valence-electron chi connectivity index (χ2n) is 15.9. The van der Waals surface area contributed by atoms with Crippen LogP contribution in [0.15, 0.2) is 126 Å². The summed E-state index contributed by atoms with van der Waals surface area (Å²) < 4.78 is 50.5. The van der Waals surface area contributed by atoms with Gasteiger partial charge in [-0.25, -0.2) is 19.2 Å². The van der Waals surface area contributed by atoms with Crippen LogP contribution in [0.4, 0.5) is 0 Å². The summed E-state index contributed by atoms with van der Waals surface area (Å²) in [6, 6.07) is 34.1. The van der Waals surface area contributed by atoms with Gasteiger partial charge in [0.2, 0.25) is 0 Å². The maximum atomic E-state index is 13.7. The number of unbranched alkanes of at least 4 members (excludes halogenated alkanes) is 3. The first-order valence-electron chi connectivity index (χ1n) is 21.7. The molecular formula is C49H55N3O12. The molecular weight excluding hydrogens is 823 g/mol. The Balaban J connectivity index is 1.30. The average molecular weight is 878 g/mol. The third-order valence-corrected chi connectivity index (χ3v) is 11.6. The van der Waals surface area contributed by atoms with E-state index in [9.17, 15) is 19.2 Å². The summed E-state index contributed by atoms with van der Waals surface area (Å²) in [5.41, 5.74) is 9.93. The van der Waals surface area contributed by atoms with Gasteiger partial charge < -0.3 is 37.9 Å². The number of nitrogens with zero attached hydrogens (tertiary/aromatic N) is 3. The highest BCUT2D eigenvalue weighted by atomic mass is 16.7. The molecule has 338 valence electrons. The Morgan fingerprint density at radius 1 is 0.531 bits per heavy atom. The van der Waals surface area contributed by atoms with Gasteiger partial charge in [0.25, 0.3) is 0 Å². The molecule has 0 bridgehead atoms. The van der Waals surface area contributed by atoms with E-state index in [0.717, 1.165) is 19.3 Å². The number of benzene rings is 4. The number of hydrogen-bond acceptors (Lipinski definition) is 13. The average Bonchev–Trinajstić information content (AvgIpc) is 3.33. The van der Waals surface area contributed by atoms with Gasteiger partial charge in [0.15, 0.2) is 24.8 Å². The largest absolute Gasteiger partial charge is 0.459 e. The van der Waals surface area contributed by atoms with E-state index < -0.39 is 78.8 Å². The molecule has 10 atom stereocenters. The van der Waals surface area contributed by atoms with E-state index in [2.05, 4.69) is 10.0 Å². The predicted octanol–water partition coefficient (Wildman–Crippen LogP) is 8.78. The van der Waals surface area contributed by atoms with E-state index in [1.165, 1.54) is 0 Å². The molecule has 4 aromatic carbocycles. The van der Waals surface area contributed by atoms with Crippen LogP contribution in [0.25, 0.3) is 10.4 Å². The second-order valence-corrected chi connectivity index (χ2v) is 15.9. The van der Waals surface area contributed by atoms with Crippen molar-refractivity contribution >= 4 is 23.9 Å². The topological polar surface area (TPSA) is 191 Å². The fourth-order valence-electron chi connectivity index (χ4n) is 7.67. The molecule has 0 radical (unpaired) electrons. The van der Waals surface area contributed by atoms with Gasteiger partial charge in [0.1, 0.15) is 19.3 Å². The van der Waals surface area contributed by atoms with Crippen LogP contribution in [0.5, 0.6) is 0 Å². The zero-order chi connectivity index (χ0) is 45.3. The van der Waals surface area contributed by atoms with E-state index >= 15 is 0 Å². The van der Waals surface area contributed by atoms with Crippen molar-refractivity contribution in [1.29, 1.82) is 0 Å². The normalized spacial score (nSPS) is 25.2. The van der Waals surface area contributed by atoms with Gasteiger partial charge in [0.05, 0.1) is 34.5 Å². The van der Waals surface area contributed by atoms with Gasteiger partial charge in [-0.15, -0.1) is 0 Å². The fraction of sp³-hybridized carbons (Fsp3) is 0.429. The van der Waals surface area contributed by atoms with Crippen molar-refractivity contribution in [1.82, 2.24) is 0 Å². The zero-order valence-corrected chi connectivity index (χ0v) is 36.2. The minimum Gasteiger partial charge on any atom is -0.459 e. The molecule has 0 aromatic heterocycles.